The molecule has 0 aliphatic heterocycles. The van der Waals surface area contributed by atoms with Gasteiger partial charge in [0.05, 0.1) is 0 Å². The van der Waals surface area contributed by atoms with E-state index in [0.717, 1.165) is 25.9 Å². The van der Waals surface area contributed by atoms with Gasteiger partial charge in [-0.25, -0.2) is 4.39 Å². The fourth-order valence-corrected chi connectivity index (χ4v) is 1.71. The van der Waals surface area contributed by atoms with E-state index in [4.69, 9.17) is 11.6 Å². The first-order valence-corrected chi connectivity index (χ1v) is 6.41. The lowest BCUT2D eigenvalue weighted by atomic mass is 10.1. The number of rotatable bonds is 7. The maximum atomic E-state index is 13.3. The van der Waals surface area contributed by atoms with Gasteiger partial charge in [0.1, 0.15) is 5.82 Å². The second kappa shape index (κ2) is 8.26. The molecule has 0 bridgehead atoms. The summed E-state index contributed by atoms with van der Waals surface area (Å²) in [5.41, 5.74) is 0.648. The van der Waals surface area contributed by atoms with E-state index in [-0.39, 0.29) is 5.82 Å². The average molecular weight is 256 g/mol. The van der Waals surface area contributed by atoms with Crippen LogP contribution >= 0.6 is 11.6 Å². The third kappa shape index (κ3) is 5.85. The van der Waals surface area contributed by atoms with Crippen LogP contribution in [0.25, 0.3) is 0 Å². The lowest BCUT2D eigenvalue weighted by molar-refractivity contribution is 0.614. The Morgan fingerprint density at radius 3 is 2.88 bits per heavy atom. The number of benzene rings is 1. The molecule has 3 heteroatoms. The molecule has 0 amide bonds. The second-order valence-corrected chi connectivity index (χ2v) is 4.39. The summed E-state index contributed by atoms with van der Waals surface area (Å²) >= 11 is 5.81. The van der Waals surface area contributed by atoms with Crippen LogP contribution in [-0.4, -0.2) is 13.1 Å². The Morgan fingerprint density at radius 1 is 1.29 bits per heavy atom. The van der Waals surface area contributed by atoms with Crippen LogP contribution in [0.5, 0.6) is 0 Å². The smallest absolute Gasteiger partial charge is 0.126 e. The molecule has 94 valence electrons. The van der Waals surface area contributed by atoms with Crippen molar-refractivity contribution >= 4 is 11.6 Å². The van der Waals surface area contributed by atoms with E-state index in [1.165, 1.54) is 6.07 Å². The van der Waals surface area contributed by atoms with Gasteiger partial charge in [-0.2, -0.15) is 0 Å². The highest BCUT2D eigenvalue weighted by Gasteiger charge is 2.00. The quantitative estimate of drug-likeness (QED) is 0.574. The third-order valence-corrected chi connectivity index (χ3v) is 2.66. The van der Waals surface area contributed by atoms with E-state index >= 15 is 0 Å². The largest absolute Gasteiger partial charge is 0.316 e. The molecule has 17 heavy (non-hydrogen) atoms. The first kappa shape index (κ1) is 14.2. The maximum Gasteiger partial charge on any atom is 0.126 e. The predicted molar refractivity (Wildman–Crippen MR) is 72.0 cm³/mol. The summed E-state index contributed by atoms with van der Waals surface area (Å²) in [6, 6.07) is 4.66. The number of hydrogen-bond donors (Lipinski definition) is 1. The fraction of sp³-hybridized carbons (Fsp3) is 0.429. The van der Waals surface area contributed by atoms with Gasteiger partial charge in [0.25, 0.3) is 0 Å². The van der Waals surface area contributed by atoms with Gasteiger partial charge in [-0.15, -0.1) is 0 Å². The Bertz CT molecular complexity index is 363. The molecule has 0 heterocycles. The van der Waals surface area contributed by atoms with Crippen LogP contribution in [0.1, 0.15) is 25.3 Å². The van der Waals surface area contributed by atoms with Gasteiger partial charge >= 0.3 is 0 Å². The van der Waals surface area contributed by atoms with Crippen LogP contribution in [0.15, 0.2) is 30.4 Å². The Labute approximate surface area is 108 Å². The summed E-state index contributed by atoms with van der Waals surface area (Å²) < 4.78 is 13.3. The molecule has 1 N–H and O–H groups in total. The van der Waals surface area contributed by atoms with Crippen molar-refractivity contribution in [2.45, 2.75) is 26.2 Å². The maximum absolute atomic E-state index is 13.3. The standard InChI is InChI=1S/C14H19ClFN/c1-2-9-17-10-5-3-4-6-12-11-13(15)7-8-14(12)16/h3-4,7-8,11,17H,2,5-6,9-10H2,1H3/b4-3+. The molecule has 0 atom stereocenters. The van der Waals surface area contributed by atoms with E-state index in [1.807, 2.05) is 6.08 Å². The molecule has 0 fully saturated rings. The van der Waals surface area contributed by atoms with Gasteiger partial charge in [-0.05, 0) is 56.1 Å². The zero-order valence-electron chi connectivity index (χ0n) is 10.2. The molecule has 1 nitrogen and oxygen atoms in total. The first-order valence-electron chi connectivity index (χ1n) is 6.03. The second-order valence-electron chi connectivity index (χ2n) is 3.95. The lowest BCUT2D eigenvalue weighted by Gasteiger charge is -2.00. The topological polar surface area (TPSA) is 12.0 Å². The zero-order chi connectivity index (χ0) is 12.5. The first-order chi connectivity index (χ1) is 8.24. The predicted octanol–water partition coefficient (Wildman–Crippen LogP) is 3.97. The van der Waals surface area contributed by atoms with Crippen molar-refractivity contribution in [2.24, 2.45) is 0 Å². The Balaban J connectivity index is 2.29. The van der Waals surface area contributed by atoms with Crippen molar-refractivity contribution in [3.05, 3.63) is 46.8 Å². The highest BCUT2D eigenvalue weighted by molar-refractivity contribution is 6.30. The van der Waals surface area contributed by atoms with Crippen LogP contribution in [-0.2, 0) is 6.42 Å². The van der Waals surface area contributed by atoms with Crippen molar-refractivity contribution in [1.29, 1.82) is 0 Å². The van der Waals surface area contributed by atoms with Gasteiger partial charge in [0.2, 0.25) is 0 Å². The number of nitrogens with one attached hydrogen (secondary N) is 1. The van der Waals surface area contributed by atoms with Crippen molar-refractivity contribution in [3.8, 4) is 0 Å². The number of hydrogen-bond acceptors (Lipinski definition) is 1. The van der Waals surface area contributed by atoms with Crippen molar-refractivity contribution in [1.82, 2.24) is 5.32 Å². The normalized spacial score (nSPS) is 11.2. The summed E-state index contributed by atoms with van der Waals surface area (Å²) in [5, 5.41) is 3.89. The monoisotopic (exact) mass is 255 g/mol. The molecule has 1 aromatic carbocycles. The molecule has 1 aromatic rings. The number of halogens is 2. The zero-order valence-corrected chi connectivity index (χ0v) is 10.9. The van der Waals surface area contributed by atoms with Gasteiger partial charge < -0.3 is 5.32 Å². The summed E-state index contributed by atoms with van der Waals surface area (Å²) in [6.07, 6.45) is 6.78. The summed E-state index contributed by atoms with van der Waals surface area (Å²) in [4.78, 5) is 0. The van der Waals surface area contributed by atoms with Gasteiger partial charge in [0.15, 0.2) is 0 Å². The van der Waals surface area contributed by atoms with Crippen LogP contribution in [0.3, 0.4) is 0 Å². The van der Waals surface area contributed by atoms with Crippen molar-refractivity contribution < 1.29 is 4.39 Å². The minimum atomic E-state index is -0.192. The van der Waals surface area contributed by atoms with E-state index in [2.05, 4.69) is 18.3 Å². The highest BCUT2D eigenvalue weighted by Crippen LogP contribution is 2.15. The number of allylic oxidation sites excluding steroid dienone is 1. The van der Waals surface area contributed by atoms with E-state index in [9.17, 15) is 4.39 Å². The van der Waals surface area contributed by atoms with Gasteiger partial charge in [-0.1, -0.05) is 30.7 Å². The minimum Gasteiger partial charge on any atom is -0.316 e. The summed E-state index contributed by atoms with van der Waals surface area (Å²) in [5.74, 6) is -0.192. The molecule has 0 aliphatic carbocycles. The SMILES string of the molecule is CCCNCC/C=C/Cc1cc(Cl)ccc1F. The molecule has 0 unspecified atom stereocenters. The van der Waals surface area contributed by atoms with Crippen LogP contribution in [0, 0.1) is 5.82 Å². The van der Waals surface area contributed by atoms with Crippen molar-refractivity contribution in [3.63, 3.8) is 0 Å². The molecule has 0 aliphatic rings. The fourth-order valence-electron chi connectivity index (χ4n) is 1.52. The van der Waals surface area contributed by atoms with Crippen LogP contribution in [0.4, 0.5) is 4.39 Å². The molecule has 0 spiro atoms. The van der Waals surface area contributed by atoms with Crippen LogP contribution in [0.2, 0.25) is 5.02 Å². The minimum absolute atomic E-state index is 0.192. The molecule has 0 radical (unpaired) electrons. The van der Waals surface area contributed by atoms with Gasteiger partial charge in [0, 0.05) is 5.02 Å². The Kier molecular flexibility index (Phi) is 6.90. The van der Waals surface area contributed by atoms with E-state index in [0.29, 0.717) is 17.0 Å². The molecule has 0 aromatic heterocycles. The molecule has 0 saturated heterocycles. The molecule has 1 rings (SSSR count). The average Bonchev–Trinajstić information content (AvgIpc) is 2.32. The van der Waals surface area contributed by atoms with Crippen LogP contribution < -0.4 is 5.32 Å². The summed E-state index contributed by atoms with van der Waals surface area (Å²) in [7, 11) is 0. The third-order valence-electron chi connectivity index (χ3n) is 2.43. The molecular weight excluding hydrogens is 237 g/mol. The van der Waals surface area contributed by atoms with E-state index in [1.54, 1.807) is 12.1 Å². The Hall–Kier alpha value is -0.860. The summed E-state index contributed by atoms with van der Waals surface area (Å²) in [6.45, 7) is 4.17. The lowest BCUT2D eigenvalue weighted by Crippen LogP contribution is -2.15. The molecular formula is C14H19ClFN. The molecule has 0 saturated carbocycles. The van der Waals surface area contributed by atoms with Crippen molar-refractivity contribution in [2.75, 3.05) is 13.1 Å². The Morgan fingerprint density at radius 2 is 2.12 bits per heavy atom. The highest BCUT2D eigenvalue weighted by atomic mass is 35.5. The van der Waals surface area contributed by atoms with E-state index < -0.39 is 0 Å². The van der Waals surface area contributed by atoms with Gasteiger partial charge in [-0.3, -0.25) is 0 Å².